The summed E-state index contributed by atoms with van der Waals surface area (Å²) in [5, 5.41) is 3.25. The fourth-order valence-corrected chi connectivity index (χ4v) is 4.85. The molecule has 2 aliphatic rings. The van der Waals surface area contributed by atoms with Gasteiger partial charge in [-0.3, -0.25) is 9.69 Å². The minimum atomic E-state index is -0.172. The molecule has 1 aromatic carbocycles. The summed E-state index contributed by atoms with van der Waals surface area (Å²) in [5.41, 5.74) is 0.670. The molecule has 27 heavy (non-hydrogen) atoms. The molecular weight excluding hydrogens is 361 g/mol. The molecule has 1 unspecified atom stereocenters. The van der Waals surface area contributed by atoms with Crippen molar-refractivity contribution >= 4 is 17.2 Å². The molecule has 1 atom stereocenters. The van der Waals surface area contributed by atoms with Gasteiger partial charge in [-0.2, -0.15) is 0 Å². The third kappa shape index (κ3) is 4.08. The number of nitrogens with one attached hydrogen (secondary N) is 1. The van der Waals surface area contributed by atoms with Crippen LogP contribution in [0.25, 0.3) is 10.4 Å². The van der Waals surface area contributed by atoms with Crippen LogP contribution in [-0.2, 0) is 11.3 Å². The van der Waals surface area contributed by atoms with E-state index in [1.54, 1.807) is 17.4 Å². The second-order valence-corrected chi connectivity index (χ2v) is 8.72. The zero-order chi connectivity index (χ0) is 18.8. The van der Waals surface area contributed by atoms with E-state index in [-0.39, 0.29) is 11.7 Å². The number of hydrogen-bond donors (Lipinski definition) is 1. The monoisotopic (exact) mass is 387 g/mol. The third-order valence-corrected chi connectivity index (χ3v) is 6.88. The van der Waals surface area contributed by atoms with E-state index in [4.69, 9.17) is 0 Å². The summed E-state index contributed by atoms with van der Waals surface area (Å²) >= 11 is 1.65. The molecule has 2 aliphatic heterocycles. The van der Waals surface area contributed by atoms with Crippen LogP contribution in [0.2, 0.25) is 0 Å². The van der Waals surface area contributed by atoms with Crippen LogP contribution in [0, 0.1) is 17.7 Å². The molecule has 1 N–H and O–H groups in total. The zero-order valence-corrected chi connectivity index (χ0v) is 16.5. The highest BCUT2D eigenvalue weighted by Crippen LogP contribution is 2.30. The van der Waals surface area contributed by atoms with Gasteiger partial charge in [0.05, 0.1) is 0 Å². The Bertz CT molecular complexity index is 796. The van der Waals surface area contributed by atoms with Gasteiger partial charge < -0.3 is 10.2 Å². The Labute approximate surface area is 164 Å². The van der Waals surface area contributed by atoms with E-state index >= 15 is 0 Å². The van der Waals surface area contributed by atoms with Crippen molar-refractivity contribution in [2.45, 2.75) is 13.5 Å². The normalized spacial score (nSPS) is 19.7. The van der Waals surface area contributed by atoms with Crippen molar-refractivity contribution < 1.29 is 9.18 Å². The van der Waals surface area contributed by atoms with Crippen LogP contribution >= 0.6 is 11.3 Å². The first-order valence-corrected chi connectivity index (χ1v) is 10.5. The molecule has 4 rings (SSSR count). The third-order valence-electron chi connectivity index (χ3n) is 5.77. The zero-order valence-electron chi connectivity index (χ0n) is 15.7. The highest BCUT2D eigenvalue weighted by molar-refractivity contribution is 7.15. The Kier molecular flexibility index (Phi) is 5.57. The number of nitrogens with zero attached hydrogens (tertiary/aromatic N) is 2. The molecule has 0 radical (unpaired) electrons. The SMILES string of the molecule is CC(C(=O)N1CCN(Cc2ccc(-c3ccccc3F)s2)CC1)C1CNC1. The van der Waals surface area contributed by atoms with Gasteiger partial charge in [0.1, 0.15) is 5.82 Å². The number of thiophene rings is 1. The molecule has 2 aromatic rings. The largest absolute Gasteiger partial charge is 0.340 e. The quantitative estimate of drug-likeness (QED) is 0.857. The maximum atomic E-state index is 14.0. The van der Waals surface area contributed by atoms with Crippen LogP contribution in [0.3, 0.4) is 0 Å². The van der Waals surface area contributed by atoms with Crippen LogP contribution in [0.15, 0.2) is 36.4 Å². The van der Waals surface area contributed by atoms with Gasteiger partial charge in [0.15, 0.2) is 0 Å². The summed E-state index contributed by atoms with van der Waals surface area (Å²) in [7, 11) is 0. The predicted molar refractivity (Wildman–Crippen MR) is 107 cm³/mol. The molecule has 1 amide bonds. The summed E-state index contributed by atoms with van der Waals surface area (Å²) < 4.78 is 14.0. The minimum absolute atomic E-state index is 0.124. The van der Waals surface area contributed by atoms with E-state index in [0.29, 0.717) is 17.4 Å². The lowest BCUT2D eigenvalue weighted by Crippen LogP contribution is -2.54. The molecule has 3 heterocycles. The average molecular weight is 388 g/mol. The number of piperazine rings is 1. The predicted octanol–water partition coefficient (Wildman–Crippen LogP) is 3.05. The van der Waals surface area contributed by atoms with E-state index < -0.39 is 0 Å². The molecular formula is C21H26FN3OS. The van der Waals surface area contributed by atoms with Crippen molar-refractivity contribution in [3.63, 3.8) is 0 Å². The van der Waals surface area contributed by atoms with Gasteiger partial charge in [0.25, 0.3) is 0 Å². The Morgan fingerprint density at radius 3 is 2.59 bits per heavy atom. The molecule has 144 valence electrons. The van der Waals surface area contributed by atoms with Gasteiger partial charge in [0, 0.05) is 54.0 Å². The highest BCUT2D eigenvalue weighted by atomic mass is 32.1. The number of hydrogen-bond acceptors (Lipinski definition) is 4. The maximum Gasteiger partial charge on any atom is 0.225 e. The van der Waals surface area contributed by atoms with Crippen LogP contribution in [0.1, 0.15) is 11.8 Å². The fraction of sp³-hybridized carbons (Fsp3) is 0.476. The topological polar surface area (TPSA) is 35.6 Å². The fourth-order valence-electron chi connectivity index (χ4n) is 3.77. The number of benzene rings is 1. The van der Waals surface area contributed by atoms with Gasteiger partial charge in [-0.25, -0.2) is 4.39 Å². The molecule has 0 bridgehead atoms. The van der Waals surface area contributed by atoms with Gasteiger partial charge in [0.2, 0.25) is 5.91 Å². The second kappa shape index (κ2) is 8.09. The van der Waals surface area contributed by atoms with Gasteiger partial charge in [-0.1, -0.05) is 25.1 Å². The molecule has 6 heteroatoms. The van der Waals surface area contributed by atoms with Crippen LogP contribution in [0.5, 0.6) is 0 Å². The summed E-state index contributed by atoms with van der Waals surface area (Å²) in [4.78, 5) is 19.3. The van der Waals surface area contributed by atoms with E-state index in [1.807, 2.05) is 23.1 Å². The highest BCUT2D eigenvalue weighted by Gasteiger charge is 2.32. The van der Waals surface area contributed by atoms with E-state index in [2.05, 4.69) is 23.2 Å². The van der Waals surface area contributed by atoms with Gasteiger partial charge >= 0.3 is 0 Å². The Hall–Kier alpha value is -1.76. The minimum Gasteiger partial charge on any atom is -0.340 e. The first-order chi connectivity index (χ1) is 13.1. The summed E-state index contributed by atoms with van der Waals surface area (Å²) in [6.45, 7) is 8.26. The van der Waals surface area contributed by atoms with Gasteiger partial charge in [-0.15, -0.1) is 11.3 Å². The Balaban J connectivity index is 1.31. The number of rotatable bonds is 5. The standard InChI is InChI=1S/C21H26FN3OS/c1-15(16-12-23-13-16)21(26)25-10-8-24(9-11-25)14-17-6-7-20(27-17)18-4-2-3-5-19(18)22/h2-7,15-16,23H,8-14H2,1H3. The van der Waals surface area contributed by atoms with Crippen molar-refractivity contribution in [2.24, 2.45) is 11.8 Å². The van der Waals surface area contributed by atoms with Crippen LogP contribution < -0.4 is 5.32 Å². The number of amides is 1. The number of carbonyl (C=O) groups excluding carboxylic acids is 1. The van der Waals surface area contributed by atoms with Crippen molar-refractivity contribution in [1.29, 1.82) is 0 Å². The molecule has 1 aromatic heterocycles. The van der Waals surface area contributed by atoms with Crippen LogP contribution in [-0.4, -0.2) is 55.0 Å². The van der Waals surface area contributed by atoms with E-state index in [0.717, 1.165) is 50.7 Å². The molecule has 0 saturated carbocycles. The Morgan fingerprint density at radius 1 is 1.19 bits per heavy atom. The maximum absolute atomic E-state index is 14.0. The Morgan fingerprint density at radius 2 is 1.93 bits per heavy atom. The van der Waals surface area contributed by atoms with Crippen molar-refractivity contribution in [3.8, 4) is 10.4 Å². The number of halogens is 1. The average Bonchev–Trinajstić information content (AvgIpc) is 3.09. The van der Waals surface area contributed by atoms with E-state index in [9.17, 15) is 9.18 Å². The van der Waals surface area contributed by atoms with Crippen molar-refractivity contribution in [1.82, 2.24) is 15.1 Å². The molecule has 2 fully saturated rings. The molecule has 4 nitrogen and oxygen atoms in total. The van der Waals surface area contributed by atoms with Crippen molar-refractivity contribution in [2.75, 3.05) is 39.3 Å². The summed E-state index contributed by atoms with van der Waals surface area (Å²) in [6, 6.07) is 11.0. The summed E-state index contributed by atoms with van der Waals surface area (Å²) in [5.74, 6) is 0.754. The van der Waals surface area contributed by atoms with Crippen LogP contribution in [0.4, 0.5) is 4.39 Å². The van der Waals surface area contributed by atoms with E-state index in [1.165, 1.54) is 10.9 Å². The molecule has 0 aliphatic carbocycles. The molecule has 0 spiro atoms. The first kappa shape index (κ1) is 18.6. The molecule has 2 saturated heterocycles. The summed E-state index contributed by atoms with van der Waals surface area (Å²) in [6.07, 6.45) is 0. The second-order valence-electron chi connectivity index (χ2n) is 7.55. The lowest BCUT2D eigenvalue weighted by Gasteiger charge is -2.39. The lowest BCUT2D eigenvalue weighted by molar-refractivity contribution is -0.139. The smallest absolute Gasteiger partial charge is 0.225 e. The first-order valence-electron chi connectivity index (χ1n) is 9.67. The van der Waals surface area contributed by atoms with Gasteiger partial charge in [-0.05, 0) is 37.2 Å². The number of carbonyl (C=O) groups is 1. The lowest BCUT2D eigenvalue weighted by atomic mass is 9.88. The van der Waals surface area contributed by atoms with Crippen molar-refractivity contribution in [3.05, 3.63) is 47.1 Å².